The van der Waals surface area contributed by atoms with E-state index in [-0.39, 0.29) is 74.9 Å². The topological polar surface area (TPSA) is 131 Å². The fourth-order valence-electron chi connectivity index (χ4n) is 4.65. The molecule has 1 aromatic carbocycles. The first-order valence-electron chi connectivity index (χ1n) is 14.1. The van der Waals surface area contributed by atoms with Gasteiger partial charge in [-0.05, 0) is 81.6 Å². The van der Waals surface area contributed by atoms with Crippen LogP contribution in [-0.4, -0.2) is 79.4 Å². The van der Waals surface area contributed by atoms with E-state index >= 15 is 0 Å². The van der Waals surface area contributed by atoms with Gasteiger partial charge >= 0.3 is 11.6 Å². The molecule has 16 heteroatoms. The average Bonchev–Trinajstić information content (AvgIpc) is 3.31. The van der Waals surface area contributed by atoms with Crippen molar-refractivity contribution in [3.8, 4) is 17.6 Å². The summed E-state index contributed by atoms with van der Waals surface area (Å²) in [6.07, 6.45) is -0.0934. The molecule has 2 aromatic heterocycles. The molecule has 0 radical (unpaired) electrons. The summed E-state index contributed by atoms with van der Waals surface area (Å²) in [5.74, 6) is 5.66. The van der Waals surface area contributed by atoms with Crippen molar-refractivity contribution >= 4 is 50.6 Å². The van der Waals surface area contributed by atoms with Crippen molar-refractivity contribution in [3.05, 3.63) is 47.7 Å². The van der Waals surface area contributed by atoms with Crippen LogP contribution in [0.25, 0.3) is 5.52 Å². The molecule has 11 nitrogen and oxygen atoms in total. The highest BCUT2D eigenvalue weighted by atomic mass is 32.2. The lowest BCUT2D eigenvalue weighted by Gasteiger charge is -2.27. The monoisotopic (exact) mass is 681 g/mol. The molecule has 1 aliphatic heterocycles. The summed E-state index contributed by atoms with van der Waals surface area (Å²) in [6.45, 7) is 4.71. The number of nitrogens with zero attached hydrogens (tertiary/aromatic N) is 3. The SMILES string of the molecule is CNC(=O)c1ccc(N(CC#Cc2nn3c(NC4CCS(=O)(=O)CC4)cccc3c2SC(F)(F)F)C(=O)OC(C)(C)C)c(OC)c1. The summed E-state index contributed by atoms with van der Waals surface area (Å²) >= 11 is -0.356. The van der Waals surface area contributed by atoms with Crippen LogP contribution in [0.2, 0.25) is 0 Å². The molecule has 0 atom stereocenters. The Balaban J connectivity index is 1.73. The van der Waals surface area contributed by atoms with Gasteiger partial charge in [0.1, 0.15) is 32.7 Å². The van der Waals surface area contributed by atoms with Gasteiger partial charge in [0.25, 0.3) is 5.91 Å². The second-order valence-electron chi connectivity index (χ2n) is 11.3. The van der Waals surface area contributed by atoms with Crippen LogP contribution in [0, 0.1) is 11.8 Å². The highest BCUT2D eigenvalue weighted by Gasteiger charge is 2.33. The number of ether oxygens (including phenoxy) is 2. The third-order valence-corrected chi connectivity index (χ3v) is 9.31. The number of carbonyl (C=O) groups excluding carboxylic acids is 2. The molecule has 2 amide bonds. The van der Waals surface area contributed by atoms with E-state index in [4.69, 9.17) is 9.47 Å². The van der Waals surface area contributed by atoms with Gasteiger partial charge in [-0.15, -0.1) is 0 Å². The van der Waals surface area contributed by atoms with Gasteiger partial charge in [0.15, 0.2) is 0 Å². The van der Waals surface area contributed by atoms with Crippen LogP contribution in [0.5, 0.6) is 5.75 Å². The van der Waals surface area contributed by atoms with Gasteiger partial charge in [0.2, 0.25) is 0 Å². The Morgan fingerprint density at radius 2 is 1.85 bits per heavy atom. The molecule has 1 saturated heterocycles. The molecule has 4 rings (SSSR count). The largest absolute Gasteiger partial charge is 0.495 e. The van der Waals surface area contributed by atoms with Crippen LogP contribution in [0.15, 0.2) is 41.3 Å². The molecular formula is C30H34F3N5O6S2. The van der Waals surface area contributed by atoms with Crippen molar-refractivity contribution in [1.82, 2.24) is 14.9 Å². The van der Waals surface area contributed by atoms with Crippen LogP contribution in [-0.2, 0) is 14.6 Å². The molecule has 1 fully saturated rings. The number of amides is 2. The molecular weight excluding hydrogens is 647 g/mol. The molecule has 3 heterocycles. The minimum absolute atomic E-state index is 0.0130. The Morgan fingerprint density at radius 3 is 2.46 bits per heavy atom. The van der Waals surface area contributed by atoms with Crippen molar-refractivity contribution in [2.75, 3.05) is 42.4 Å². The van der Waals surface area contributed by atoms with E-state index in [0.29, 0.717) is 18.7 Å². The van der Waals surface area contributed by atoms with Gasteiger partial charge < -0.3 is 20.1 Å². The predicted octanol–water partition coefficient (Wildman–Crippen LogP) is 5.10. The minimum atomic E-state index is -4.65. The predicted molar refractivity (Wildman–Crippen MR) is 169 cm³/mol. The van der Waals surface area contributed by atoms with Crippen molar-refractivity contribution < 1.29 is 40.7 Å². The Morgan fingerprint density at radius 1 is 1.15 bits per heavy atom. The van der Waals surface area contributed by atoms with Crippen molar-refractivity contribution in [2.24, 2.45) is 0 Å². The molecule has 0 aliphatic carbocycles. The van der Waals surface area contributed by atoms with Gasteiger partial charge in [-0.25, -0.2) is 17.7 Å². The maximum absolute atomic E-state index is 13.7. The number of carbonyl (C=O) groups is 2. The molecule has 46 heavy (non-hydrogen) atoms. The van der Waals surface area contributed by atoms with E-state index < -0.39 is 27.0 Å². The number of rotatable bonds is 7. The molecule has 1 aliphatic rings. The Kier molecular flexibility index (Phi) is 10.4. The number of halogens is 3. The summed E-state index contributed by atoms with van der Waals surface area (Å²) < 4.78 is 77.1. The van der Waals surface area contributed by atoms with E-state index in [9.17, 15) is 31.2 Å². The number of sulfone groups is 1. The highest BCUT2D eigenvalue weighted by molar-refractivity contribution is 8.00. The van der Waals surface area contributed by atoms with Crippen molar-refractivity contribution in [1.29, 1.82) is 0 Å². The van der Waals surface area contributed by atoms with E-state index in [1.54, 1.807) is 32.9 Å². The number of anilines is 2. The Hall–Kier alpha value is -4.10. The summed E-state index contributed by atoms with van der Waals surface area (Å²) in [5.41, 5.74) is -5.06. The first kappa shape index (κ1) is 34.8. The average molecular weight is 682 g/mol. The maximum atomic E-state index is 13.7. The number of hydrogen-bond acceptors (Lipinski definition) is 9. The van der Waals surface area contributed by atoms with Gasteiger partial charge in [0.05, 0.1) is 41.3 Å². The second kappa shape index (κ2) is 13.7. The second-order valence-corrected chi connectivity index (χ2v) is 14.7. The number of methoxy groups -OCH3 is 1. The lowest BCUT2D eigenvalue weighted by molar-refractivity contribution is -0.0328. The fraction of sp³-hybridized carbons (Fsp3) is 0.433. The maximum Gasteiger partial charge on any atom is 0.446 e. The minimum Gasteiger partial charge on any atom is -0.495 e. The lowest BCUT2D eigenvalue weighted by Crippen LogP contribution is -2.37. The third-order valence-electron chi connectivity index (χ3n) is 6.75. The first-order valence-corrected chi connectivity index (χ1v) is 16.8. The molecule has 248 valence electrons. The first-order chi connectivity index (χ1) is 21.5. The Bertz CT molecular complexity index is 1780. The highest BCUT2D eigenvalue weighted by Crippen LogP contribution is 2.41. The number of nitrogens with one attached hydrogen (secondary N) is 2. The van der Waals surface area contributed by atoms with Gasteiger partial charge in [-0.3, -0.25) is 9.69 Å². The number of hydrogen-bond donors (Lipinski definition) is 2. The molecule has 0 spiro atoms. The fourth-order valence-corrected chi connectivity index (χ4v) is 6.82. The zero-order chi connectivity index (χ0) is 33.9. The molecule has 0 unspecified atom stereocenters. The van der Waals surface area contributed by atoms with Gasteiger partial charge in [0, 0.05) is 18.7 Å². The number of fused-ring (bicyclic) bond motifs is 1. The van der Waals surface area contributed by atoms with E-state index in [0.717, 1.165) is 4.90 Å². The van der Waals surface area contributed by atoms with Crippen LogP contribution < -0.4 is 20.3 Å². The summed E-state index contributed by atoms with van der Waals surface area (Å²) in [4.78, 5) is 26.4. The standard InChI is InChI=1S/C30H34F3N5O6S2/c1-29(2,3)44-28(40)37(22-12-11-19(27(39)34-4)18-24(22)43-5)15-7-8-21-26(45-30(31,32)33)23-9-6-10-25(38(23)36-21)35-20-13-16-46(41,42)17-14-20/h6,9-12,18,20,35H,13-17H2,1-5H3,(H,34,39). The zero-order valence-corrected chi connectivity index (χ0v) is 27.5. The van der Waals surface area contributed by atoms with Crippen LogP contribution in [0.1, 0.15) is 49.7 Å². The summed E-state index contributed by atoms with van der Waals surface area (Å²) in [6, 6.07) is 8.90. The normalized spacial score (nSPS) is 15.0. The number of benzene rings is 1. The van der Waals surface area contributed by atoms with Crippen molar-refractivity contribution in [3.63, 3.8) is 0 Å². The smallest absolute Gasteiger partial charge is 0.446 e. The summed E-state index contributed by atoms with van der Waals surface area (Å²) in [5, 5.41) is 10.1. The van der Waals surface area contributed by atoms with Crippen LogP contribution >= 0.6 is 11.8 Å². The van der Waals surface area contributed by atoms with Gasteiger partial charge in [-0.2, -0.15) is 18.3 Å². The number of thioether (sulfide) groups is 1. The van der Waals surface area contributed by atoms with Crippen molar-refractivity contribution in [2.45, 2.75) is 55.7 Å². The quantitative estimate of drug-likeness (QED) is 0.259. The molecule has 2 N–H and O–H groups in total. The molecule has 3 aromatic rings. The molecule has 0 saturated carbocycles. The molecule has 0 bridgehead atoms. The number of aromatic nitrogens is 2. The third kappa shape index (κ3) is 8.79. The lowest BCUT2D eigenvalue weighted by atomic mass is 10.1. The van der Waals surface area contributed by atoms with E-state index in [1.165, 1.54) is 42.9 Å². The number of pyridine rings is 1. The number of alkyl halides is 3. The van der Waals surface area contributed by atoms with E-state index in [2.05, 4.69) is 27.6 Å². The van der Waals surface area contributed by atoms with Crippen LogP contribution in [0.3, 0.4) is 0 Å². The van der Waals surface area contributed by atoms with Gasteiger partial charge in [-0.1, -0.05) is 12.0 Å². The van der Waals surface area contributed by atoms with Crippen LogP contribution in [0.4, 0.5) is 29.5 Å². The zero-order valence-electron chi connectivity index (χ0n) is 25.8. The Labute approximate surface area is 269 Å². The van der Waals surface area contributed by atoms with E-state index in [1.807, 2.05) is 0 Å². The summed E-state index contributed by atoms with van der Waals surface area (Å²) in [7, 11) is -0.279.